The summed E-state index contributed by atoms with van der Waals surface area (Å²) in [6, 6.07) is 3.41. The summed E-state index contributed by atoms with van der Waals surface area (Å²) in [5, 5.41) is 0. The third-order valence-corrected chi connectivity index (χ3v) is 7.42. The summed E-state index contributed by atoms with van der Waals surface area (Å²) in [5.74, 6) is -0.986. The van der Waals surface area contributed by atoms with Gasteiger partial charge in [-0.15, -0.1) is 0 Å². The van der Waals surface area contributed by atoms with Gasteiger partial charge in [0.15, 0.2) is 6.29 Å². The molecule has 0 aliphatic carbocycles. The molecule has 0 atom stereocenters. The summed E-state index contributed by atoms with van der Waals surface area (Å²) in [6.07, 6.45) is 1.18. The van der Waals surface area contributed by atoms with E-state index in [0.29, 0.717) is 52.2 Å². The number of piperidine rings is 1. The van der Waals surface area contributed by atoms with Crippen molar-refractivity contribution in [3.05, 3.63) is 29.6 Å². The van der Waals surface area contributed by atoms with E-state index in [0.717, 1.165) is 12.1 Å². The van der Waals surface area contributed by atoms with Crippen LogP contribution in [0.5, 0.6) is 0 Å². The third-order valence-electron chi connectivity index (χ3n) is 5.37. The van der Waals surface area contributed by atoms with Gasteiger partial charge in [-0.3, -0.25) is 4.79 Å². The van der Waals surface area contributed by atoms with Crippen LogP contribution in [0, 0.1) is 11.7 Å². The number of carbonyl (C=O) groups excluding carboxylic acids is 1. The van der Waals surface area contributed by atoms with Crippen LogP contribution in [0.15, 0.2) is 23.1 Å². The van der Waals surface area contributed by atoms with Gasteiger partial charge in [0.25, 0.3) is 5.91 Å². The van der Waals surface area contributed by atoms with Crippen molar-refractivity contribution in [1.82, 2.24) is 9.21 Å². The quantitative estimate of drug-likeness (QED) is 0.712. The lowest BCUT2D eigenvalue weighted by atomic mass is 9.95. The zero-order chi connectivity index (χ0) is 20.3. The first-order valence-electron chi connectivity index (χ1n) is 9.70. The number of nitrogens with zero attached hydrogens (tertiary/aromatic N) is 2. The molecule has 0 bridgehead atoms. The van der Waals surface area contributed by atoms with Crippen LogP contribution in [0.1, 0.15) is 37.0 Å². The first-order valence-corrected chi connectivity index (χ1v) is 11.1. The molecule has 2 aliphatic heterocycles. The van der Waals surface area contributed by atoms with Gasteiger partial charge in [0.05, 0.1) is 23.7 Å². The van der Waals surface area contributed by atoms with E-state index in [2.05, 4.69) is 0 Å². The van der Waals surface area contributed by atoms with Crippen LogP contribution in [-0.2, 0) is 19.5 Å². The predicted molar refractivity (Wildman–Crippen MR) is 101 cm³/mol. The Morgan fingerprint density at radius 2 is 1.79 bits per heavy atom. The maximum atomic E-state index is 14.4. The Labute approximate surface area is 165 Å². The van der Waals surface area contributed by atoms with Crippen molar-refractivity contribution in [3.63, 3.8) is 0 Å². The fraction of sp³-hybridized carbons (Fsp3) is 0.632. The molecule has 0 saturated carbocycles. The second-order valence-corrected chi connectivity index (χ2v) is 8.91. The van der Waals surface area contributed by atoms with E-state index >= 15 is 0 Å². The fourth-order valence-electron chi connectivity index (χ4n) is 3.74. The van der Waals surface area contributed by atoms with Crippen LogP contribution in [0.2, 0.25) is 0 Å². The first-order chi connectivity index (χ1) is 13.4. The van der Waals surface area contributed by atoms with Crippen LogP contribution in [0.3, 0.4) is 0 Å². The summed E-state index contributed by atoms with van der Waals surface area (Å²) in [4.78, 5) is 14.4. The first kappa shape index (κ1) is 21.2. The van der Waals surface area contributed by atoms with Crippen molar-refractivity contribution in [2.45, 2.75) is 37.9 Å². The Morgan fingerprint density at radius 3 is 2.36 bits per heavy atom. The van der Waals surface area contributed by atoms with Crippen LogP contribution < -0.4 is 0 Å². The molecule has 156 valence electrons. The summed E-state index contributed by atoms with van der Waals surface area (Å²) in [6.45, 7) is 6.16. The topological polar surface area (TPSA) is 76.2 Å². The fourth-order valence-corrected chi connectivity index (χ4v) is 5.22. The Bertz CT molecular complexity index is 799. The number of hydrogen-bond donors (Lipinski definition) is 0. The number of halogens is 1. The molecule has 2 heterocycles. The van der Waals surface area contributed by atoms with E-state index in [-0.39, 0.29) is 22.7 Å². The lowest BCUT2D eigenvalue weighted by Crippen LogP contribution is -2.41. The highest BCUT2D eigenvalue weighted by molar-refractivity contribution is 7.89. The van der Waals surface area contributed by atoms with Crippen molar-refractivity contribution in [2.24, 2.45) is 5.92 Å². The molecule has 7 nitrogen and oxygen atoms in total. The highest BCUT2D eigenvalue weighted by Gasteiger charge is 2.33. The molecule has 1 aromatic carbocycles. The van der Waals surface area contributed by atoms with Crippen molar-refractivity contribution >= 4 is 15.9 Å². The second-order valence-electron chi connectivity index (χ2n) is 6.97. The zero-order valence-electron chi connectivity index (χ0n) is 16.3. The minimum Gasteiger partial charge on any atom is -0.350 e. The van der Waals surface area contributed by atoms with E-state index in [9.17, 15) is 17.6 Å². The molecular weight excluding hydrogens is 387 g/mol. The average molecular weight is 414 g/mol. The van der Waals surface area contributed by atoms with Gasteiger partial charge in [-0.05, 0) is 31.0 Å². The van der Waals surface area contributed by atoms with Crippen LogP contribution in [0.4, 0.5) is 4.39 Å². The van der Waals surface area contributed by atoms with E-state index < -0.39 is 21.7 Å². The standard InChI is InChI=1S/C19H27FN2O5S/c1-3-22(4-2)28(24,25)15-5-6-17(20)16(13-15)18(23)21-9-7-14(8-10-21)19-26-11-12-27-19/h5-6,13-14,19H,3-4,7-12H2,1-2H3. The van der Waals surface area contributed by atoms with Gasteiger partial charge in [-0.2, -0.15) is 4.31 Å². The molecule has 0 unspecified atom stereocenters. The molecule has 1 aromatic rings. The number of benzene rings is 1. The van der Waals surface area contributed by atoms with E-state index in [1.807, 2.05) is 0 Å². The average Bonchev–Trinajstić information content (AvgIpc) is 3.23. The molecule has 2 fully saturated rings. The van der Waals surface area contributed by atoms with Crippen molar-refractivity contribution in [2.75, 3.05) is 39.4 Å². The summed E-state index contributed by atoms with van der Waals surface area (Å²) in [7, 11) is -3.76. The van der Waals surface area contributed by atoms with Gasteiger partial charge < -0.3 is 14.4 Å². The smallest absolute Gasteiger partial charge is 0.256 e. The minimum atomic E-state index is -3.76. The second kappa shape index (κ2) is 8.86. The van der Waals surface area contributed by atoms with Gasteiger partial charge in [-0.25, -0.2) is 12.8 Å². The van der Waals surface area contributed by atoms with Gasteiger partial charge in [0, 0.05) is 32.1 Å². The number of rotatable bonds is 6. The van der Waals surface area contributed by atoms with Crippen molar-refractivity contribution in [3.8, 4) is 0 Å². The largest absolute Gasteiger partial charge is 0.350 e. The number of sulfonamides is 1. The molecule has 0 radical (unpaired) electrons. The predicted octanol–water partition coefficient (Wildman–Crippen LogP) is 2.08. The van der Waals surface area contributed by atoms with Crippen LogP contribution >= 0.6 is 0 Å². The van der Waals surface area contributed by atoms with E-state index in [1.165, 1.54) is 10.4 Å². The van der Waals surface area contributed by atoms with Crippen LogP contribution in [-0.4, -0.2) is 69.2 Å². The Balaban J connectivity index is 1.75. The van der Waals surface area contributed by atoms with Gasteiger partial charge in [0.1, 0.15) is 5.82 Å². The van der Waals surface area contributed by atoms with Gasteiger partial charge in [0.2, 0.25) is 10.0 Å². The number of amides is 1. The summed E-state index contributed by atoms with van der Waals surface area (Å²) in [5.41, 5.74) is -0.208. The number of likely N-dealkylation sites (tertiary alicyclic amines) is 1. The van der Waals surface area contributed by atoms with E-state index in [1.54, 1.807) is 18.7 Å². The van der Waals surface area contributed by atoms with Crippen molar-refractivity contribution in [1.29, 1.82) is 0 Å². The van der Waals surface area contributed by atoms with Gasteiger partial charge in [-0.1, -0.05) is 13.8 Å². The van der Waals surface area contributed by atoms with Gasteiger partial charge >= 0.3 is 0 Å². The molecule has 9 heteroatoms. The Kier molecular flexibility index (Phi) is 6.69. The van der Waals surface area contributed by atoms with Crippen molar-refractivity contribution < 1.29 is 27.1 Å². The highest BCUT2D eigenvalue weighted by atomic mass is 32.2. The zero-order valence-corrected chi connectivity index (χ0v) is 17.1. The number of ether oxygens (including phenoxy) is 2. The lowest BCUT2D eigenvalue weighted by Gasteiger charge is -2.34. The molecular formula is C19H27FN2O5S. The molecule has 3 rings (SSSR count). The molecule has 28 heavy (non-hydrogen) atoms. The molecule has 2 saturated heterocycles. The molecule has 0 spiro atoms. The Morgan fingerprint density at radius 1 is 1.18 bits per heavy atom. The molecule has 1 amide bonds. The Hall–Kier alpha value is -1.55. The molecule has 0 aromatic heterocycles. The minimum absolute atomic E-state index is 0.0661. The van der Waals surface area contributed by atoms with E-state index in [4.69, 9.17) is 9.47 Å². The number of hydrogen-bond acceptors (Lipinski definition) is 5. The highest BCUT2D eigenvalue weighted by Crippen LogP contribution is 2.27. The van der Waals surface area contributed by atoms with Crippen LogP contribution in [0.25, 0.3) is 0 Å². The summed E-state index contributed by atoms with van der Waals surface area (Å²) >= 11 is 0. The summed E-state index contributed by atoms with van der Waals surface area (Å²) < 4.78 is 52.1. The lowest BCUT2D eigenvalue weighted by molar-refractivity contribution is -0.0956. The monoisotopic (exact) mass is 414 g/mol. The normalized spacial score (nSPS) is 19.5. The SMILES string of the molecule is CCN(CC)S(=O)(=O)c1ccc(F)c(C(=O)N2CCC(C3OCCO3)CC2)c1. The maximum Gasteiger partial charge on any atom is 0.256 e. The third kappa shape index (κ3) is 4.22. The molecule has 2 aliphatic rings. The number of carbonyl (C=O) groups is 1. The maximum absolute atomic E-state index is 14.4. The molecule has 0 N–H and O–H groups in total.